The van der Waals surface area contributed by atoms with Gasteiger partial charge in [-0.05, 0) is 6.42 Å². The van der Waals surface area contributed by atoms with Crippen molar-refractivity contribution in [2.24, 2.45) is 0 Å². The Labute approximate surface area is 103 Å². The number of hydrogen-bond acceptors (Lipinski definition) is 8. The molecule has 0 aromatic carbocycles. The summed E-state index contributed by atoms with van der Waals surface area (Å²) in [6.07, 6.45) is -9.70. The fourth-order valence-corrected chi connectivity index (χ4v) is 1.80. The van der Waals surface area contributed by atoms with Gasteiger partial charge in [-0.25, -0.2) is 0 Å². The first kappa shape index (κ1) is 15.3. The van der Waals surface area contributed by atoms with E-state index in [2.05, 4.69) is 4.74 Å². The molecule has 2 unspecified atom stereocenters. The van der Waals surface area contributed by atoms with E-state index in [0.29, 0.717) is 6.42 Å². The van der Waals surface area contributed by atoms with Gasteiger partial charge >= 0.3 is 5.97 Å². The Morgan fingerprint density at radius 2 is 1.50 bits per heavy atom. The Balaban J connectivity index is 2.92. The average Bonchev–Trinajstić information content (AvgIpc) is 2.32. The molecular weight excluding hydrogens is 248 g/mol. The molecule has 6 atom stereocenters. The number of ether oxygens (including phenoxy) is 1. The Kier molecular flexibility index (Phi) is 4.65. The number of hydrogen-bond donors (Lipinski definition) is 6. The second-order valence-electron chi connectivity index (χ2n) is 4.34. The fraction of sp³-hybridized carbons (Fsp3) is 0.900. The standard InChI is InChI=1S/C10H18O8/c1-2-3-4(11)18-10(17)8(15)6(13)5(12)7(14)9(10)16/h5-9,12-17H,2-3H2,1H3/t5?,6-,7+,8-,9-,10?/m1/s1. The molecule has 8 nitrogen and oxygen atoms in total. The molecule has 1 aliphatic rings. The highest BCUT2D eigenvalue weighted by molar-refractivity contribution is 5.69. The highest BCUT2D eigenvalue weighted by atomic mass is 16.7. The summed E-state index contributed by atoms with van der Waals surface area (Å²) in [6, 6.07) is 0. The van der Waals surface area contributed by atoms with Crippen molar-refractivity contribution >= 4 is 5.97 Å². The largest absolute Gasteiger partial charge is 0.427 e. The lowest BCUT2D eigenvalue weighted by atomic mass is 9.82. The number of rotatable bonds is 3. The maximum Gasteiger partial charge on any atom is 0.308 e. The van der Waals surface area contributed by atoms with Crippen LogP contribution in [0.4, 0.5) is 0 Å². The molecule has 6 N–H and O–H groups in total. The summed E-state index contributed by atoms with van der Waals surface area (Å²) in [4.78, 5) is 11.3. The normalized spacial score (nSPS) is 44.7. The Bertz CT molecular complexity index is 290. The van der Waals surface area contributed by atoms with Gasteiger partial charge < -0.3 is 35.4 Å². The van der Waals surface area contributed by atoms with E-state index < -0.39 is 42.3 Å². The van der Waals surface area contributed by atoms with Crippen molar-refractivity contribution in [1.29, 1.82) is 0 Å². The number of esters is 1. The lowest BCUT2D eigenvalue weighted by Gasteiger charge is -2.46. The molecule has 8 heteroatoms. The highest BCUT2D eigenvalue weighted by Gasteiger charge is 2.60. The van der Waals surface area contributed by atoms with E-state index >= 15 is 0 Å². The molecule has 0 saturated heterocycles. The van der Waals surface area contributed by atoms with E-state index in [0.717, 1.165) is 0 Å². The van der Waals surface area contributed by atoms with Gasteiger partial charge in [0.25, 0.3) is 5.79 Å². The smallest absolute Gasteiger partial charge is 0.308 e. The third-order valence-corrected chi connectivity index (χ3v) is 2.93. The van der Waals surface area contributed by atoms with E-state index in [9.17, 15) is 35.4 Å². The maximum absolute atomic E-state index is 11.3. The Morgan fingerprint density at radius 3 is 1.89 bits per heavy atom. The SMILES string of the molecule is CCCC(=O)OC1(O)[C@H](O)[C@H](O)C(O)[C@H](O)[C@H]1O. The van der Waals surface area contributed by atoms with Crippen molar-refractivity contribution < 1.29 is 40.2 Å². The van der Waals surface area contributed by atoms with Crippen LogP contribution in [0.3, 0.4) is 0 Å². The third kappa shape index (κ3) is 2.48. The molecule has 0 amide bonds. The van der Waals surface area contributed by atoms with Crippen LogP contribution in [0.25, 0.3) is 0 Å². The van der Waals surface area contributed by atoms with Crippen LogP contribution in [0.2, 0.25) is 0 Å². The van der Waals surface area contributed by atoms with E-state index in [1.165, 1.54) is 0 Å². The second kappa shape index (κ2) is 5.47. The minimum Gasteiger partial charge on any atom is -0.427 e. The zero-order valence-corrected chi connectivity index (χ0v) is 9.80. The van der Waals surface area contributed by atoms with Crippen molar-refractivity contribution in [1.82, 2.24) is 0 Å². The summed E-state index contributed by atoms with van der Waals surface area (Å²) in [7, 11) is 0. The van der Waals surface area contributed by atoms with Crippen molar-refractivity contribution in [3.05, 3.63) is 0 Å². The van der Waals surface area contributed by atoms with Gasteiger partial charge in [-0.15, -0.1) is 0 Å². The van der Waals surface area contributed by atoms with Gasteiger partial charge in [0, 0.05) is 6.42 Å². The molecule has 0 bridgehead atoms. The molecule has 0 aromatic rings. The quantitative estimate of drug-likeness (QED) is 0.231. The van der Waals surface area contributed by atoms with Gasteiger partial charge in [-0.1, -0.05) is 6.92 Å². The van der Waals surface area contributed by atoms with Crippen molar-refractivity contribution in [2.75, 3.05) is 0 Å². The van der Waals surface area contributed by atoms with Crippen LogP contribution in [-0.2, 0) is 9.53 Å². The molecule has 106 valence electrons. The predicted molar refractivity (Wildman–Crippen MR) is 56.0 cm³/mol. The first-order chi connectivity index (χ1) is 8.25. The zero-order chi connectivity index (χ0) is 14.1. The Morgan fingerprint density at radius 1 is 1.06 bits per heavy atom. The minimum absolute atomic E-state index is 0.0729. The molecule has 1 aliphatic carbocycles. The molecule has 0 aliphatic heterocycles. The van der Waals surface area contributed by atoms with Crippen molar-refractivity contribution in [2.45, 2.75) is 56.1 Å². The van der Waals surface area contributed by atoms with E-state index in [1.54, 1.807) is 6.92 Å². The molecule has 1 saturated carbocycles. The topological polar surface area (TPSA) is 148 Å². The van der Waals surface area contributed by atoms with Gasteiger partial charge in [0.15, 0.2) is 12.2 Å². The molecule has 1 rings (SSSR count). The van der Waals surface area contributed by atoms with Crippen LogP contribution in [0.15, 0.2) is 0 Å². The maximum atomic E-state index is 11.3. The lowest BCUT2D eigenvalue weighted by Crippen LogP contribution is -2.72. The second-order valence-corrected chi connectivity index (χ2v) is 4.34. The minimum atomic E-state index is -2.86. The fourth-order valence-electron chi connectivity index (χ4n) is 1.80. The van der Waals surface area contributed by atoms with Crippen LogP contribution in [0.5, 0.6) is 0 Å². The summed E-state index contributed by atoms with van der Waals surface area (Å²) >= 11 is 0. The van der Waals surface area contributed by atoms with E-state index in [1.807, 2.05) is 0 Å². The summed E-state index contributed by atoms with van der Waals surface area (Å²) in [5.74, 6) is -3.77. The zero-order valence-electron chi connectivity index (χ0n) is 9.80. The molecule has 1 fully saturated rings. The summed E-state index contributed by atoms with van der Waals surface area (Å²) in [6.45, 7) is 1.67. The van der Waals surface area contributed by atoms with Gasteiger partial charge in [-0.3, -0.25) is 4.79 Å². The molecule has 18 heavy (non-hydrogen) atoms. The summed E-state index contributed by atoms with van der Waals surface area (Å²) in [5.41, 5.74) is 0. The molecule has 0 heterocycles. The van der Waals surface area contributed by atoms with Crippen LogP contribution in [0.1, 0.15) is 19.8 Å². The van der Waals surface area contributed by atoms with Crippen molar-refractivity contribution in [3.63, 3.8) is 0 Å². The highest BCUT2D eigenvalue weighted by Crippen LogP contribution is 2.31. The molecular formula is C10H18O8. The lowest BCUT2D eigenvalue weighted by molar-refractivity contribution is -0.347. The van der Waals surface area contributed by atoms with Gasteiger partial charge in [0.2, 0.25) is 0 Å². The number of aliphatic hydroxyl groups excluding tert-OH is 5. The monoisotopic (exact) mass is 266 g/mol. The van der Waals surface area contributed by atoms with Crippen molar-refractivity contribution in [3.8, 4) is 0 Å². The van der Waals surface area contributed by atoms with E-state index in [4.69, 9.17) is 0 Å². The number of carbonyl (C=O) groups excluding carboxylic acids is 1. The summed E-state index contributed by atoms with van der Waals surface area (Å²) < 4.78 is 4.52. The van der Waals surface area contributed by atoms with Gasteiger partial charge in [-0.2, -0.15) is 0 Å². The predicted octanol–water partition coefficient (Wildman–Crippen LogP) is -3.16. The van der Waals surface area contributed by atoms with Crippen LogP contribution in [-0.4, -0.2) is 72.9 Å². The Hall–Kier alpha value is -0.770. The number of aliphatic hydroxyl groups is 6. The van der Waals surface area contributed by atoms with E-state index in [-0.39, 0.29) is 6.42 Å². The molecule has 0 aromatic heterocycles. The van der Waals surface area contributed by atoms with Crippen LogP contribution >= 0.6 is 0 Å². The first-order valence-electron chi connectivity index (χ1n) is 5.60. The van der Waals surface area contributed by atoms with Crippen LogP contribution in [0, 0.1) is 0 Å². The third-order valence-electron chi connectivity index (χ3n) is 2.93. The molecule has 0 spiro atoms. The first-order valence-corrected chi connectivity index (χ1v) is 5.60. The number of carbonyl (C=O) groups is 1. The van der Waals surface area contributed by atoms with Crippen LogP contribution < -0.4 is 0 Å². The average molecular weight is 266 g/mol. The summed E-state index contributed by atoms with van der Waals surface area (Å²) in [5, 5.41) is 57.1. The molecule has 0 radical (unpaired) electrons. The van der Waals surface area contributed by atoms with Gasteiger partial charge in [0.05, 0.1) is 0 Å². The van der Waals surface area contributed by atoms with Gasteiger partial charge in [0.1, 0.15) is 18.3 Å².